The number of anilines is 1. The van der Waals surface area contributed by atoms with Gasteiger partial charge < -0.3 is 10.8 Å². The lowest BCUT2D eigenvalue weighted by Gasteiger charge is -2.31. The third-order valence-corrected chi connectivity index (χ3v) is 2.83. The van der Waals surface area contributed by atoms with Crippen LogP contribution in [0.25, 0.3) is 0 Å². The highest BCUT2D eigenvalue weighted by Gasteiger charge is 2.32. The van der Waals surface area contributed by atoms with Crippen LogP contribution in [0, 0.1) is 5.41 Å². The molecular formula is C14H20N2O3. The highest BCUT2D eigenvalue weighted by atomic mass is 16.4. The number of hydrogen-bond donors (Lipinski definition) is 2. The lowest BCUT2D eigenvalue weighted by molar-refractivity contribution is -0.137. The Morgan fingerprint density at radius 3 is 2.21 bits per heavy atom. The summed E-state index contributed by atoms with van der Waals surface area (Å²) in [5, 5.41) is 8.94. The Hall–Kier alpha value is -1.88. The average molecular weight is 264 g/mol. The smallest absolute Gasteiger partial charge is 0.323 e. The fourth-order valence-corrected chi connectivity index (χ4v) is 1.58. The molecular weight excluding hydrogens is 244 g/mol. The van der Waals surface area contributed by atoms with Crippen molar-refractivity contribution in [1.29, 1.82) is 0 Å². The van der Waals surface area contributed by atoms with Crippen molar-refractivity contribution in [2.24, 2.45) is 11.1 Å². The van der Waals surface area contributed by atoms with Gasteiger partial charge in [0.2, 0.25) is 5.91 Å². The molecule has 1 aromatic carbocycles. The van der Waals surface area contributed by atoms with E-state index in [1.54, 1.807) is 30.3 Å². The van der Waals surface area contributed by atoms with Gasteiger partial charge in [0.25, 0.3) is 0 Å². The molecule has 0 saturated heterocycles. The summed E-state index contributed by atoms with van der Waals surface area (Å²) in [6, 6.07) is 7.93. The van der Waals surface area contributed by atoms with Crippen molar-refractivity contribution in [1.82, 2.24) is 0 Å². The molecule has 0 aliphatic rings. The fraction of sp³-hybridized carbons (Fsp3) is 0.429. The van der Waals surface area contributed by atoms with Crippen LogP contribution >= 0.6 is 0 Å². The van der Waals surface area contributed by atoms with E-state index in [0.717, 1.165) is 0 Å². The summed E-state index contributed by atoms with van der Waals surface area (Å²) in [7, 11) is 0. The predicted molar refractivity (Wildman–Crippen MR) is 73.9 cm³/mol. The second-order valence-corrected chi connectivity index (χ2v) is 5.50. The van der Waals surface area contributed by atoms with Gasteiger partial charge in [-0.25, -0.2) is 0 Å². The number of carbonyl (C=O) groups is 2. The molecule has 5 nitrogen and oxygen atoms in total. The Morgan fingerprint density at radius 2 is 1.79 bits per heavy atom. The molecule has 0 aliphatic heterocycles. The molecule has 1 atom stereocenters. The summed E-state index contributed by atoms with van der Waals surface area (Å²) < 4.78 is 0. The largest absolute Gasteiger partial charge is 0.480 e. The number of amides is 1. The molecule has 0 radical (unpaired) electrons. The quantitative estimate of drug-likeness (QED) is 0.862. The molecule has 3 N–H and O–H groups in total. The maximum absolute atomic E-state index is 12.4. The number of para-hydroxylation sites is 1. The Morgan fingerprint density at radius 1 is 1.26 bits per heavy atom. The lowest BCUT2D eigenvalue weighted by atomic mass is 9.86. The van der Waals surface area contributed by atoms with Crippen LogP contribution in [-0.2, 0) is 9.59 Å². The molecule has 0 bridgehead atoms. The van der Waals surface area contributed by atoms with Crippen molar-refractivity contribution in [3.8, 4) is 0 Å². The Kier molecular flexibility index (Phi) is 4.67. The molecule has 0 saturated carbocycles. The molecule has 5 heteroatoms. The van der Waals surface area contributed by atoms with Gasteiger partial charge in [-0.15, -0.1) is 0 Å². The van der Waals surface area contributed by atoms with Crippen LogP contribution < -0.4 is 10.6 Å². The van der Waals surface area contributed by atoms with E-state index in [4.69, 9.17) is 10.8 Å². The second-order valence-electron chi connectivity index (χ2n) is 5.50. The van der Waals surface area contributed by atoms with E-state index in [-0.39, 0.29) is 5.91 Å². The maximum Gasteiger partial charge on any atom is 0.323 e. The molecule has 104 valence electrons. The van der Waals surface area contributed by atoms with Gasteiger partial charge in [-0.1, -0.05) is 39.0 Å². The number of rotatable bonds is 4. The predicted octanol–water partition coefficient (Wildman–Crippen LogP) is 1.48. The van der Waals surface area contributed by atoms with Gasteiger partial charge in [0.1, 0.15) is 6.54 Å². The van der Waals surface area contributed by atoms with Crippen molar-refractivity contribution >= 4 is 17.6 Å². The minimum Gasteiger partial charge on any atom is -0.480 e. The first kappa shape index (κ1) is 15.2. The normalized spacial score (nSPS) is 12.8. The monoisotopic (exact) mass is 264 g/mol. The van der Waals surface area contributed by atoms with Gasteiger partial charge in [-0.2, -0.15) is 0 Å². The van der Waals surface area contributed by atoms with E-state index in [1.165, 1.54) is 4.90 Å². The van der Waals surface area contributed by atoms with Crippen molar-refractivity contribution in [2.45, 2.75) is 26.8 Å². The zero-order chi connectivity index (χ0) is 14.6. The molecule has 1 amide bonds. The van der Waals surface area contributed by atoms with Crippen LogP contribution in [0.1, 0.15) is 20.8 Å². The van der Waals surface area contributed by atoms with Crippen LogP contribution in [0.3, 0.4) is 0 Å². The minimum absolute atomic E-state index is 0.388. The molecule has 19 heavy (non-hydrogen) atoms. The van der Waals surface area contributed by atoms with Crippen LogP contribution in [0.4, 0.5) is 5.69 Å². The van der Waals surface area contributed by atoms with Crippen LogP contribution in [-0.4, -0.2) is 29.6 Å². The molecule has 0 fully saturated rings. The molecule has 0 aliphatic carbocycles. The molecule has 0 heterocycles. The number of nitrogens with zero attached hydrogens (tertiary/aromatic N) is 1. The topological polar surface area (TPSA) is 83.6 Å². The summed E-state index contributed by atoms with van der Waals surface area (Å²) in [6.07, 6.45) is 0. The number of carbonyl (C=O) groups excluding carboxylic acids is 1. The van der Waals surface area contributed by atoms with Crippen molar-refractivity contribution in [2.75, 3.05) is 11.4 Å². The van der Waals surface area contributed by atoms with Crippen LogP contribution in [0.5, 0.6) is 0 Å². The first-order valence-corrected chi connectivity index (χ1v) is 6.07. The molecule has 1 unspecified atom stereocenters. The molecule has 0 aromatic heterocycles. The molecule has 1 rings (SSSR count). The van der Waals surface area contributed by atoms with E-state index in [9.17, 15) is 9.59 Å². The molecule has 1 aromatic rings. The van der Waals surface area contributed by atoms with Crippen LogP contribution in [0.2, 0.25) is 0 Å². The van der Waals surface area contributed by atoms with Crippen molar-refractivity contribution in [3.63, 3.8) is 0 Å². The molecule has 0 spiro atoms. The SMILES string of the molecule is CC(C)(C)C(N)C(=O)N(CC(=O)O)c1ccccc1. The summed E-state index contributed by atoms with van der Waals surface area (Å²) in [5.74, 6) is -1.46. The van der Waals surface area contributed by atoms with Gasteiger partial charge >= 0.3 is 5.97 Å². The summed E-state index contributed by atoms with van der Waals surface area (Å²) in [6.45, 7) is 5.14. The van der Waals surface area contributed by atoms with Crippen molar-refractivity contribution < 1.29 is 14.7 Å². The lowest BCUT2D eigenvalue weighted by Crippen LogP contribution is -2.51. The number of benzene rings is 1. The van der Waals surface area contributed by atoms with Crippen molar-refractivity contribution in [3.05, 3.63) is 30.3 Å². The summed E-state index contributed by atoms with van der Waals surface area (Å²) in [4.78, 5) is 24.5. The highest BCUT2D eigenvalue weighted by molar-refractivity contribution is 6.00. The number of carboxylic acid groups (broad SMARTS) is 1. The number of hydrogen-bond acceptors (Lipinski definition) is 3. The third kappa shape index (κ3) is 4.06. The van der Waals surface area contributed by atoms with E-state index in [1.807, 2.05) is 20.8 Å². The van der Waals surface area contributed by atoms with Gasteiger partial charge in [0.05, 0.1) is 6.04 Å². The summed E-state index contributed by atoms with van der Waals surface area (Å²) in [5.41, 5.74) is 6.03. The average Bonchev–Trinajstić information content (AvgIpc) is 2.34. The number of carboxylic acids is 1. The zero-order valence-corrected chi connectivity index (χ0v) is 11.5. The number of nitrogens with two attached hydrogens (primary N) is 1. The van der Waals surface area contributed by atoms with E-state index < -0.39 is 24.0 Å². The zero-order valence-electron chi connectivity index (χ0n) is 11.5. The van der Waals surface area contributed by atoms with Gasteiger partial charge in [0, 0.05) is 5.69 Å². The van der Waals surface area contributed by atoms with E-state index >= 15 is 0 Å². The second kappa shape index (κ2) is 5.84. The first-order valence-electron chi connectivity index (χ1n) is 6.07. The van der Waals surface area contributed by atoms with Gasteiger partial charge in [-0.05, 0) is 17.5 Å². The van der Waals surface area contributed by atoms with Gasteiger partial charge in [-0.3, -0.25) is 14.5 Å². The standard InChI is InChI=1S/C14H20N2O3/c1-14(2,3)12(15)13(19)16(9-11(17)18)10-7-5-4-6-8-10/h4-8,12H,9,15H2,1-3H3,(H,17,18). The number of aliphatic carboxylic acids is 1. The minimum atomic E-state index is -1.07. The van der Waals surface area contributed by atoms with E-state index in [2.05, 4.69) is 0 Å². The first-order chi connectivity index (χ1) is 8.73. The third-order valence-electron chi connectivity index (χ3n) is 2.83. The Labute approximate surface area is 113 Å². The highest BCUT2D eigenvalue weighted by Crippen LogP contribution is 2.22. The Bertz CT molecular complexity index is 452. The maximum atomic E-state index is 12.4. The fourth-order valence-electron chi connectivity index (χ4n) is 1.58. The summed E-state index contributed by atoms with van der Waals surface area (Å²) >= 11 is 0. The Balaban J connectivity index is 3.05. The van der Waals surface area contributed by atoms with Gasteiger partial charge in [0.15, 0.2) is 0 Å². The van der Waals surface area contributed by atoms with E-state index in [0.29, 0.717) is 5.69 Å². The van der Waals surface area contributed by atoms with Crippen LogP contribution in [0.15, 0.2) is 30.3 Å².